The molecule has 1 N–H and O–H groups in total. The molecule has 1 atom stereocenters. The van der Waals surface area contributed by atoms with Crippen molar-refractivity contribution in [3.05, 3.63) is 58.9 Å². The van der Waals surface area contributed by atoms with Gasteiger partial charge in [0.05, 0.1) is 16.8 Å². The third-order valence-electron chi connectivity index (χ3n) is 6.12. The summed E-state index contributed by atoms with van der Waals surface area (Å²) >= 11 is 0. The zero-order valence-corrected chi connectivity index (χ0v) is 20.2. The van der Waals surface area contributed by atoms with Crippen molar-refractivity contribution in [2.75, 3.05) is 5.32 Å². The lowest BCUT2D eigenvalue weighted by molar-refractivity contribution is -0.152. The monoisotopic (exact) mass is 495 g/mol. The van der Waals surface area contributed by atoms with E-state index in [0.717, 1.165) is 24.0 Å². The summed E-state index contributed by atoms with van der Waals surface area (Å²) in [5.74, 6) is -3.08. The molecule has 1 fully saturated rings. The van der Waals surface area contributed by atoms with Gasteiger partial charge in [-0.3, -0.25) is 9.59 Å². The van der Waals surface area contributed by atoms with E-state index in [0.29, 0.717) is 12.1 Å². The van der Waals surface area contributed by atoms with Gasteiger partial charge in [0.15, 0.2) is 0 Å². The van der Waals surface area contributed by atoms with Gasteiger partial charge in [-0.05, 0) is 76.0 Å². The van der Waals surface area contributed by atoms with Gasteiger partial charge in [-0.15, -0.1) is 0 Å². The first-order valence-corrected chi connectivity index (χ1v) is 10.8. The van der Waals surface area contributed by atoms with E-state index in [1.165, 1.54) is 0 Å². The van der Waals surface area contributed by atoms with Crippen LogP contribution in [-0.4, -0.2) is 30.2 Å². The Bertz CT molecular complexity index is 1130. The Morgan fingerprint density at radius 1 is 1.03 bits per heavy atom. The molecule has 1 aliphatic heterocycles. The van der Waals surface area contributed by atoms with Crippen LogP contribution in [0.3, 0.4) is 0 Å². The molecular formula is C24H26BF4NO5. The summed E-state index contributed by atoms with van der Waals surface area (Å²) in [5.41, 5.74) is -1.11. The summed E-state index contributed by atoms with van der Waals surface area (Å²) in [4.78, 5) is 24.5. The van der Waals surface area contributed by atoms with Crippen LogP contribution in [0.1, 0.15) is 57.4 Å². The Labute approximate surface area is 201 Å². The molecule has 2 aromatic rings. The first-order chi connectivity index (χ1) is 16.0. The van der Waals surface area contributed by atoms with E-state index in [1.807, 2.05) is 27.7 Å². The number of nitrogens with one attached hydrogen (secondary N) is 1. The number of alkyl halides is 3. The lowest BCUT2D eigenvalue weighted by atomic mass is 9.76. The number of carbonyl (C=O) groups is 2. The van der Waals surface area contributed by atoms with Crippen LogP contribution in [0.4, 0.5) is 23.2 Å². The average Bonchev–Trinajstić information content (AvgIpc) is 2.91. The fourth-order valence-corrected chi connectivity index (χ4v) is 3.56. The normalized spacial score (nSPS) is 17.7. The number of rotatable bonds is 5. The second-order valence-corrected chi connectivity index (χ2v) is 9.41. The van der Waals surface area contributed by atoms with E-state index in [9.17, 15) is 27.2 Å². The number of amides is 1. The van der Waals surface area contributed by atoms with Gasteiger partial charge in [-0.2, -0.15) is 13.2 Å². The van der Waals surface area contributed by atoms with Gasteiger partial charge in [-0.25, -0.2) is 4.39 Å². The molecule has 2 aromatic carbocycles. The fraction of sp³-hybridized carbons (Fsp3) is 0.417. The maximum atomic E-state index is 13.9. The Morgan fingerprint density at radius 2 is 1.63 bits per heavy atom. The molecule has 35 heavy (non-hydrogen) atoms. The highest BCUT2D eigenvalue weighted by Gasteiger charge is 2.52. The molecule has 0 radical (unpaired) electrons. The van der Waals surface area contributed by atoms with E-state index in [2.05, 4.69) is 5.32 Å². The highest BCUT2D eigenvalue weighted by Crippen LogP contribution is 2.37. The van der Waals surface area contributed by atoms with Crippen molar-refractivity contribution in [1.82, 2.24) is 0 Å². The summed E-state index contributed by atoms with van der Waals surface area (Å²) in [7, 11) is -0.633. The van der Waals surface area contributed by atoms with E-state index < -0.39 is 59.4 Å². The number of anilines is 1. The van der Waals surface area contributed by atoms with Gasteiger partial charge in [0, 0.05) is 18.2 Å². The van der Waals surface area contributed by atoms with Gasteiger partial charge < -0.3 is 19.4 Å². The van der Waals surface area contributed by atoms with E-state index in [-0.39, 0.29) is 5.69 Å². The average molecular weight is 495 g/mol. The number of ether oxygens (including phenoxy) is 1. The quantitative estimate of drug-likeness (QED) is 0.370. The van der Waals surface area contributed by atoms with Crippen LogP contribution in [0, 0.1) is 12.7 Å². The second kappa shape index (κ2) is 9.27. The maximum Gasteiger partial charge on any atom is 0.495 e. The number of benzene rings is 2. The molecule has 3 rings (SSSR count). The van der Waals surface area contributed by atoms with Gasteiger partial charge >= 0.3 is 19.3 Å². The standard InChI is InChI=1S/C24H26BF4NO5/c1-13-9-18(7-8-19(13)25-34-22(3,4)23(5,6)35-25)30-21(32)20(33-14(2)31)15-10-16(24(27,28)29)12-17(26)11-15/h7-12,20H,1-6H3,(H,30,32). The Hall–Kier alpha value is -2.92. The number of aryl methyl sites for hydroxylation is 1. The molecule has 0 saturated carbocycles. The highest BCUT2D eigenvalue weighted by molar-refractivity contribution is 6.62. The van der Waals surface area contributed by atoms with E-state index in [4.69, 9.17) is 14.0 Å². The van der Waals surface area contributed by atoms with Gasteiger partial charge in [0.1, 0.15) is 5.82 Å². The molecule has 6 nitrogen and oxygen atoms in total. The molecule has 11 heteroatoms. The minimum absolute atomic E-state index is 0.289. The number of esters is 1. The van der Waals surface area contributed by atoms with Crippen LogP contribution in [0.2, 0.25) is 0 Å². The molecule has 1 aliphatic rings. The zero-order valence-electron chi connectivity index (χ0n) is 20.2. The summed E-state index contributed by atoms with van der Waals surface area (Å²) in [6, 6.07) is 6.46. The van der Waals surface area contributed by atoms with Crippen molar-refractivity contribution in [3.63, 3.8) is 0 Å². The first kappa shape index (κ1) is 26.7. The molecule has 1 unspecified atom stereocenters. The van der Waals surface area contributed by atoms with E-state index >= 15 is 0 Å². The Balaban J connectivity index is 1.86. The van der Waals surface area contributed by atoms with Crippen LogP contribution in [0.5, 0.6) is 0 Å². The molecule has 1 heterocycles. The minimum atomic E-state index is -4.85. The third kappa shape index (κ3) is 5.84. The Morgan fingerprint density at radius 3 is 2.14 bits per heavy atom. The molecule has 0 bridgehead atoms. The smallest absolute Gasteiger partial charge is 0.447 e. The zero-order chi connectivity index (χ0) is 26.3. The van der Waals surface area contributed by atoms with Gasteiger partial charge in [0.2, 0.25) is 6.10 Å². The number of carbonyl (C=O) groups excluding carboxylic acids is 2. The lowest BCUT2D eigenvalue weighted by Gasteiger charge is -2.32. The first-order valence-electron chi connectivity index (χ1n) is 10.8. The topological polar surface area (TPSA) is 73.9 Å². The maximum absolute atomic E-state index is 13.9. The van der Waals surface area contributed by atoms with Crippen molar-refractivity contribution in [2.24, 2.45) is 0 Å². The lowest BCUT2D eigenvalue weighted by Crippen LogP contribution is -2.41. The predicted molar refractivity (Wildman–Crippen MR) is 121 cm³/mol. The van der Waals surface area contributed by atoms with Crippen LogP contribution < -0.4 is 10.8 Å². The highest BCUT2D eigenvalue weighted by atomic mass is 19.4. The van der Waals surface area contributed by atoms with Crippen LogP contribution in [0.15, 0.2) is 36.4 Å². The van der Waals surface area contributed by atoms with Crippen LogP contribution in [-0.2, 0) is 29.8 Å². The summed E-state index contributed by atoms with van der Waals surface area (Å²) in [6.07, 6.45) is -6.65. The minimum Gasteiger partial charge on any atom is -0.447 e. The van der Waals surface area contributed by atoms with Gasteiger partial charge in [0.25, 0.3) is 5.91 Å². The molecule has 1 amide bonds. The summed E-state index contributed by atoms with van der Waals surface area (Å²) in [5, 5.41) is 2.51. The molecule has 0 spiro atoms. The fourth-order valence-electron chi connectivity index (χ4n) is 3.56. The Kier molecular flexibility index (Phi) is 7.07. The third-order valence-corrected chi connectivity index (χ3v) is 6.12. The number of hydrogen-bond donors (Lipinski definition) is 1. The predicted octanol–water partition coefficient (Wildman–Crippen LogP) is 4.70. The van der Waals surface area contributed by atoms with Crippen LogP contribution in [0.25, 0.3) is 0 Å². The van der Waals surface area contributed by atoms with Crippen molar-refractivity contribution in [2.45, 2.75) is 65.0 Å². The molecular weight excluding hydrogens is 469 g/mol. The van der Waals surface area contributed by atoms with Crippen molar-refractivity contribution < 1.29 is 41.2 Å². The van der Waals surface area contributed by atoms with Crippen molar-refractivity contribution in [3.8, 4) is 0 Å². The molecule has 188 valence electrons. The molecule has 0 aliphatic carbocycles. The van der Waals surface area contributed by atoms with Gasteiger partial charge in [-0.1, -0.05) is 6.07 Å². The molecule has 1 saturated heterocycles. The largest absolute Gasteiger partial charge is 0.495 e. The number of hydrogen-bond acceptors (Lipinski definition) is 5. The van der Waals surface area contributed by atoms with Crippen LogP contribution >= 0.6 is 0 Å². The van der Waals surface area contributed by atoms with Crippen molar-refractivity contribution in [1.29, 1.82) is 0 Å². The SMILES string of the molecule is CC(=O)OC(C(=O)Nc1ccc(B2OC(C)(C)C(C)(C)O2)c(C)c1)c1cc(F)cc(C(F)(F)F)c1. The second-order valence-electron chi connectivity index (χ2n) is 9.41. The van der Waals surface area contributed by atoms with E-state index in [1.54, 1.807) is 25.1 Å². The van der Waals surface area contributed by atoms with Crippen molar-refractivity contribution >= 4 is 30.1 Å². The summed E-state index contributed by atoms with van der Waals surface area (Å²) < 4.78 is 70.3. The summed E-state index contributed by atoms with van der Waals surface area (Å²) in [6.45, 7) is 10.5. The number of halogens is 4. The molecule has 0 aromatic heterocycles.